The Morgan fingerprint density at radius 3 is 2.76 bits per heavy atom. The highest BCUT2D eigenvalue weighted by Crippen LogP contribution is 2.30. The number of para-hydroxylation sites is 1. The molecule has 0 aliphatic rings. The number of rotatable bonds is 5. The second kappa shape index (κ2) is 6.58. The van der Waals surface area contributed by atoms with Gasteiger partial charge in [0.15, 0.2) is 0 Å². The Morgan fingerprint density at radius 1 is 1.33 bits per heavy atom. The summed E-state index contributed by atoms with van der Waals surface area (Å²) < 4.78 is 6.72. The largest absolute Gasteiger partial charge is 0.489 e. The predicted molar refractivity (Wildman–Crippen MR) is 85.9 cm³/mol. The van der Waals surface area contributed by atoms with Gasteiger partial charge >= 0.3 is 0 Å². The standard InChI is InChI=1S/C15H15BrN2O3/c1-10-6-7-12(16)8-14(10)21-9-11-4-3-5-13(18(19)20)15(11)17-2/h3-8,17H,9H2,1-2H3. The molecule has 0 aliphatic heterocycles. The van der Waals surface area contributed by atoms with Gasteiger partial charge in [-0.25, -0.2) is 0 Å². The van der Waals surface area contributed by atoms with Crippen LogP contribution in [0.25, 0.3) is 0 Å². The summed E-state index contributed by atoms with van der Waals surface area (Å²) in [6.07, 6.45) is 0. The second-order valence-electron chi connectivity index (χ2n) is 4.52. The Balaban J connectivity index is 2.26. The Morgan fingerprint density at radius 2 is 2.10 bits per heavy atom. The number of nitro groups is 1. The van der Waals surface area contributed by atoms with E-state index in [9.17, 15) is 10.1 Å². The molecule has 0 atom stereocenters. The Labute approximate surface area is 131 Å². The van der Waals surface area contributed by atoms with E-state index in [2.05, 4.69) is 21.2 Å². The molecule has 0 saturated heterocycles. The van der Waals surface area contributed by atoms with Crippen molar-refractivity contribution in [3.8, 4) is 5.75 Å². The van der Waals surface area contributed by atoms with Gasteiger partial charge in [0.05, 0.1) is 4.92 Å². The van der Waals surface area contributed by atoms with Crippen molar-refractivity contribution in [2.24, 2.45) is 0 Å². The average molecular weight is 351 g/mol. The third-order valence-electron chi connectivity index (χ3n) is 3.11. The molecule has 2 aromatic carbocycles. The molecule has 0 heterocycles. The lowest BCUT2D eigenvalue weighted by atomic mass is 10.1. The third-order valence-corrected chi connectivity index (χ3v) is 3.60. The summed E-state index contributed by atoms with van der Waals surface area (Å²) in [7, 11) is 1.66. The number of hydrogen-bond acceptors (Lipinski definition) is 4. The molecule has 1 N–H and O–H groups in total. The van der Waals surface area contributed by atoms with Crippen LogP contribution in [0.4, 0.5) is 11.4 Å². The third kappa shape index (κ3) is 3.52. The zero-order chi connectivity index (χ0) is 15.4. The van der Waals surface area contributed by atoms with Crippen LogP contribution in [-0.4, -0.2) is 12.0 Å². The van der Waals surface area contributed by atoms with Gasteiger partial charge in [0.2, 0.25) is 0 Å². The van der Waals surface area contributed by atoms with Gasteiger partial charge in [0, 0.05) is 23.2 Å². The highest BCUT2D eigenvalue weighted by atomic mass is 79.9. The molecule has 21 heavy (non-hydrogen) atoms. The van der Waals surface area contributed by atoms with Gasteiger partial charge in [0.25, 0.3) is 5.69 Å². The Bertz CT molecular complexity index is 674. The normalized spacial score (nSPS) is 10.2. The lowest BCUT2D eigenvalue weighted by molar-refractivity contribution is -0.384. The van der Waals surface area contributed by atoms with E-state index in [0.29, 0.717) is 5.69 Å². The monoisotopic (exact) mass is 350 g/mol. The van der Waals surface area contributed by atoms with Gasteiger partial charge in [-0.1, -0.05) is 34.1 Å². The highest BCUT2D eigenvalue weighted by Gasteiger charge is 2.16. The molecule has 110 valence electrons. The Kier molecular flexibility index (Phi) is 4.80. The van der Waals surface area contributed by atoms with E-state index in [1.807, 2.05) is 31.2 Å². The molecule has 0 spiro atoms. The summed E-state index contributed by atoms with van der Waals surface area (Å²) in [6, 6.07) is 10.7. The zero-order valence-electron chi connectivity index (χ0n) is 11.7. The maximum absolute atomic E-state index is 11.0. The molecule has 0 bridgehead atoms. The molecule has 0 saturated carbocycles. The van der Waals surface area contributed by atoms with Crippen molar-refractivity contribution in [2.45, 2.75) is 13.5 Å². The van der Waals surface area contributed by atoms with Gasteiger partial charge in [-0.05, 0) is 24.6 Å². The zero-order valence-corrected chi connectivity index (χ0v) is 13.3. The van der Waals surface area contributed by atoms with Crippen molar-refractivity contribution in [2.75, 3.05) is 12.4 Å². The van der Waals surface area contributed by atoms with Crippen molar-refractivity contribution in [3.63, 3.8) is 0 Å². The first kappa shape index (κ1) is 15.3. The number of nitro benzene ring substituents is 1. The minimum atomic E-state index is -0.403. The van der Waals surface area contributed by atoms with Crippen LogP contribution in [0.3, 0.4) is 0 Å². The molecule has 2 rings (SSSR count). The number of halogens is 1. The fourth-order valence-corrected chi connectivity index (χ4v) is 2.37. The van der Waals surface area contributed by atoms with Crippen molar-refractivity contribution in [3.05, 3.63) is 62.1 Å². The lowest BCUT2D eigenvalue weighted by Crippen LogP contribution is -2.04. The first-order chi connectivity index (χ1) is 10.0. The minimum absolute atomic E-state index is 0.0459. The van der Waals surface area contributed by atoms with Gasteiger partial charge in [-0.2, -0.15) is 0 Å². The molecule has 0 fully saturated rings. The summed E-state index contributed by atoms with van der Waals surface area (Å²) >= 11 is 3.40. The molecule has 2 aromatic rings. The fourth-order valence-electron chi connectivity index (χ4n) is 2.03. The topological polar surface area (TPSA) is 64.4 Å². The van der Waals surface area contributed by atoms with Gasteiger partial charge in [-0.3, -0.25) is 10.1 Å². The van der Waals surface area contributed by atoms with E-state index in [1.165, 1.54) is 6.07 Å². The van der Waals surface area contributed by atoms with Gasteiger partial charge in [0.1, 0.15) is 18.0 Å². The number of anilines is 1. The molecule has 0 unspecified atom stereocenters. The van der Waals surface area contributed by atoms with E-state index < -0.39 is 4.92 Å². The summed E-state index contributed by atoms with van der Waals surface area (Å²) in [6.45, 7) is 2.21. The number of nitrogens with one attached hydrogen (secondary N) is 1. The first-order valence-corrected chi connectivity index (χ1v) is 7.15. The minimum Gasteiger partial charge on any atom is -0.489 e. The maximum atomic E-state index is 11.0. The summed E-state index contributed by atoms with van der Waals surface area (Å²) in [5.41, 5.74) is 2.28. The predicted octanol–water partition coefficient (Wildman–Crippen LogP) is 4.29. The lowest BCUT2D eigenvalue weighted by Gasteiger charge is -2.12. The van der Waals surface area contributed by atoms with Crippen molar-refractivity contribution in [1.82, 2.24) is 0 Å². The smallest absolute Gasteiger partial charge is 0.292 e. The summed E-state index contributed by atoms with van der Waals surface area (Å²) in [4.78, 5) is 10.6. The molecule has 0 radical (unpaired) electrons. The number of ether oxygens (including phenoxy) is 1. The molecule has 6 heteroatoms. The summed E-state index contributed by atoms with van der Waals surface area (Å²) in [5.74, 6) is 0.748. The molecule has 0 aliphatic carbocycles. The maximum Gasteiger partial charge on any atom is 0.292 e. The van der Waals surface area contributed by atoms with Crippen LogP contribution in [0.1, 0.15) is 11.1 Å². The number of hydrogen-bond donors (Lipinski definition) is 1. The number of benzene rings is 2. The Hall–Kier alpha value is -2.08. The van der Waals surface area contributed by atoms with Crippen molar-refractivity contribution < 1.29 is 9.66 Å². The second-order valence-corrected chi connectivity index (χ2v) is 5.43. The van der Waals surface area contributed by atoms with Crippen molar-refractivity contribution in [1.29, 1.82) is 0 Å². The summed E-state index contributed by atoms with van der Waals surface area (Å²) in [5, 5.41) is 13.9. The molecular formula is C15H15BrN2O3. The van der Waals surface area contributed by atoms with Crippen LogP contribution in [0.5, 0.6) is 5.75 Å². The van der Waals surface area contributed by atoms with Crippen molar-refractivity contribution >= 4 is 27.3 Å². The van der Waals surface area contributed by atoms with Crippen LogP contribution in [0.15, 0.2) is 40.9 Å². The van der Waals surface area contributed by atoms with Crippen LogP contribution < -0.4 is 10.1 Å². The number of nitrogens with zero attached hydrogens (tertiary/aromatic N) is 1. The molecule has 5 nitrogen and oxygen atoms in total. The van der Waals surface area contributed by atoms with Crippen LogP contribution >= 0.6 is 15.9 Å². The average Bonchev–Trinajstić information content (AvgIpc) is 2.47. The van der Waals surface area contributed by atoms with E-state index in [1.54, 1.807) is 13.1 Å². The quantitative estimate of drug-likeness (QED) is 0.645. The fraction of sp³-hybridized carbons (Fsp3) is 0.200. The van der Waals surface area contributed by atoms with E-state index in [0.717, 1.165) is 21.3 Å². The molecular weight excluding hydrogens is 336 g/mol. The van der Waals surface area contributed by atoms with Crippen LogP contribution in [-0.2, 0) is 6.61 Å². The van der Waals surface area contributed by atoms with Gasteiger partial charge in [-0.15, -0.1) is 0 Å². The van der Waals surface area contributed by atoms with E-state index in [-0.39, 0.29) is 12.3 Å². The first-order valence-electron chi connectivity index (χ1n) is 6.36. The molecule has 0 aromatic heterocycles. The molecule has 0 amide bonds. The number of aryl methyl sites for hydroxylation is 1. The van der Waals surface area contributed by atoms with Crippen LogP contribution in [0, 0.1) is 17.0 Å². The van der Waals surface area contributed by atoms with E-state index >= 15 is 0 Å². The van der Waals surface area contributed by atoms with Crippen LogP contribution in [0.2, 0.25) is 0 Å². The SMILES string of the molecule is CNc1c(COc2cc(Br)ccc2C)cccc1[N+](=O)[O-]. The highest BCUT2D eigenvalue weighted by molar-refractivity contribution is 9.10. The van der Waals surface area contributed by atoms with E-state index in [4.69, 9.17) is 4.74 Å². The van der Waals surface area contributed by atoms with Gasteiger partial charge < -0.3 is 10.1 Å².